The van der Waals surface area contributed by atoms with Crippen LogP contribution in [0.4, 0.5) is 37.7 Å². The lowest BCUT2D eigenvalue weighted by Gasteiger charge is -2.26. The van der Waals surface area contributed by atoms with E-state index in [4.69, 9.17) is 4.42 Å². The molecule has 0 spiro atoms. The highest BCUT2D eigenvalue weighted by atomic mass is 19.4. The number of halogens is 6. The number of nitrogens with zero attached hydrogens (tertiary/aromatic N) is 5. The Hall–Kier alpha value is -4.54. The fourth-order valence-corrected chi connectivity index (χ4v) is 4.05. The fourth-order valence-electron chi connectivity index (χ4n) is 4.05. The quantitative estimate of drug-likeness (QED) is 0.239. The van der Waals surface area contributed by atoms with E-state index in [1.165, 1.54) is 45.2 Å². The van der Waals surface area contributed by atoms with Crippen LogP contribution in [-0.4, -0.2) is 29.3 Å². The molecule has 4 rings (SSSR count). The van der Waals surface area contributed by atoms with Gasteiger partial charge in [0.05, 0.1) is 29.6 Å². The summed E-state index contributed by atoms with van der Waals surface area (Å²) in [5.74, 6) is -5.73. The molecule has 3 aromatic rings. The van der Waals surface area contributed by atoms with Crippen LogP contribution < -0.4 is 15.3 Å². The summed E-state index contributed by atoms with van der Waals surface area (Å²) in [6.45, 7) is 5.76. The molecule has 224 valence electrons. The van der Waals surface area contributed by atoms with Crippen molar-refractivity contribution in [2.75, 3.05) is 17.0 Å². The molecule has 0 aliphatic carbocycles. The predicted octanol–water partition coefficient (Wildman–Crippen LogP) is 6.75. The number of benzene rings is 2. The number of amides is 1. The molecule has 0 radical (unpaired) electrons. The van der Waals surface area contributed by atoms with Crippen molar-refractivity contribution in [3.63, 3.8) is 0 Å². The third-order valence-electron chi connectivity index (χ3n) is 6.50. The Labute approximate surface area is 238 Å². The van der Waals surface area contributed by atoms with Crippen molar-refractivity contribution in [1.29, 1.82) is 5.26 Å². The van der Waals surface area contributed by atoms with Crippen LogP contribution in [0.25, 0.3) is 11.5 Å². The van der Waals surface area contributed by atoms with Gasteiger partial charge in [0, 0.05) is 25.5 Å². The standard InChI is InChI=1S/C27H24F6N6O2.CH4/c1-15(27(31,32)33)37-38(4)17-7-5-16(6-8-17)13-39-21-11-18(23-35-36-24(41-23)25(2,3)14-34)20(28)12-19(21)26(29,30)10-9-22(39)40;/h5-8,11-12,37H,1,9-10,13H2,2-4H3;1H4. The van der Waals surface area contributed by atoms with E-state index in [0.717, 1.165) is 16.0 Å². The highest BCUT2D eigenvalue weighted by Crippen LogP contribution is 2.45. The SMILES string of the molecule is C.C=C(NN(C)c1ccc(CN2C(=O)CCC(F)(F)c3cc(F)c(-c4nnc(C(C)(C)C#N)o4)cc32)cc1)C(F)(F)F. The molecule has 0 fully saturated rings. The summed E-state index contributed by atoms with van der Waals surface area (Å²) in [6, 6.07) is 9.60. The van der Waals surface area contributed by atoms with Gasteiger partial charge < -0.3 is 9.32 Å². The van der Waals surface area contributed by atoms with Gasteiger partial charge in [-0.2, -0.15) is 18.4 Å². The third-order valence-corrected chi connectivity index (χ3v) is 6.50. The number of carbonyl (C=O) groups excluding carboxylic acids is 1. The zero-order valence-electron chi connectivity index (χ0n) is 22.1. The number of fused-ring (bicyclic) bond motifs is 1. The maximum Gasteiger partial charge on any atom is 0.432 e. The van der Waals surface area contributed by atoms with Gasteiger partial charge in [-0.3, -0.25) is 15.2 Å². The zero-order chi connectivity index (χ0) is 30.3. The molecule has 0 unspecified atom stereocenters. The normalized spacial score (nSPS) is 14.8. The van der Waals surface area contributed by atoms with Crippen LogP contribution in [0, 0.1) is 17.1 Å². The van der Waals surface area contributed by atoms with Crippen LogP contribution in [0.3, 0.4) is 0 Å². The Bertz CT molecular complexity index is 1530. The molecule has 8 nitrogen and oxygen atoms in total. The van der Waals surface area contributed by atoms with Crippen LogP contribution in [-0.2, 0) is 22.7 Å². The lowest BCUT2D eigenvalue weighted by atomic mass is 9.96. The van der Waals surface area contributed by atoms with Gasteiger partial charge in [0.15, 0.2) is 0 Å². The molecule has 0 atom stereocenters. The maximum absolute atomic E-state index is 15.1. The molecule has 1 aliphatic heterocycles. The Balaban J connectivity index is 0.00000484. The number of hydrazine groups is 1. The van der Waals surface area contributed by atoms with Crippen LogP contribution >= 0.6 is 0 Å². The zero-order valence-corrected chi connectivity index (χ0v) is 22.1. The number of rotatable bonds is 7. The summed E-state index contributed by atoms with van der Waals surface area (Å²) in [4.78, 5) is 14.1. The van der Waals surface area contributed by atoms with Crippen LogP contribution in [0.15, 0.2) is 53.1 Å². The van der Waals surface area contributed by atoms with Gasteiger partial charge >= 0.3 is 6.18 Å². The van der Waals surface area contributed by atoms with E-state index in [1.54, 1.807) is 0 Å². The second kappa shape index (κ2) is 11.4. The molecule has 14 heteroatoms. The van der Waals surface area contributed by atoms with Crippen molar-refractivity contribution in [2.24, 2.45) is 0 Å². The smallest absolute Gasteiger partial charge is 0.419 e. The second-order valence-corrected chi connectivity index (χ2v) is 10.00. The summed E-state index contributed by atoms with van der Waals surface area (Å²) in [6.07, 6.45) is -6.01. The number of nitrogens with one attached hydrogen (secondary N) is 1. The van der Waals surface area contributed by atoms with E-state index in [9.17, 15) is 23.2 Å². The highest BCUT2D eigenvalue weighted by molar-refractivity contribution is 5.96. The van der Waals surface area contributed by atoms with Crippen LogP contribution in [0.2, 0.25) is 0 Å². The van der Waals surface area contributed by atoms with Gasteiger partial charge in [-0.15, -0.1) is 10.2 Å². The Kier molecular flexibility index (Phi) is 8.67. The molecule has 2 heterocycles. The van der Waals surface area contributed by atoms with Gasteiger partial charge in [-0.05, 0) is 43.7 Å². The molecule has 0 saturated heterocycles. The number of carbonyl (C=O) groups is 1. The number of hydrogen-bond acceptors (Lipinski definition) is 7. The summed E-state index contributed by atoms with van der Waals surface area (Å²) in [7, 11) is 1.35. The molecule has 1 aliphatic rings. The first-order valence-electron chi connectivity index (χ1n) is 12.2. The Morgan fingerprint density at radius 1 is 1.21 bits per heavy atom. The summed E-state index contributed by atoms with van der Waals surface area (Å²) >= 11 is 0. The van der Waals surface area contributed by atoms with E-state index in [2.05, 4.69) is 22.2 Å². The molecular weight excluding hydrogens is 566 g/mol. The number of allylic oxidation sites excluding steroid dienone is 1. The van der Waals surface area contributed by atoms with E-state index in [0.29, 0.717) is 17.3 Å². The first-order chi connectivity index (χ1) is 19.0. The Morgan fingerprint density at radius 3 is 2.45 bits per heavy atom. The fraction of sp³-hybridized carbons (Fsp3) is 0.357. The minimum absolute atomic E-state index is 0. The first kappa shape index (κ1) is 32.0. The second-order valence-electron chi connectivity index (χ2n) is 10.00. The Morgan fingerprint density at radius 2 is 1.86 bits per heavy atom. The number of nitriles is 1. The average molecular weight is 595 g/mol. The van der Waals surface area contributed by atoms with Crippen molar-refractivity contribution in [3.05, 3.63) is 71.5 Å². The van der Waals surface area contributed by atoms with Gasteiger partial charge in [0.1, 0.15) is 16.9 Å². The van der Waals surface area contributed by atoms with E-state index in [-0.39, 0.29) is 37.0 Å². The highest BCUT2D eigenvalue weighted by Gasteiger charge is 2.41. The number of anilines is 2. The van der Waals surface area contributed by atoms with Crippen LogP contribution in [0.5, 0.6) is 0 Å². The topological polar surface area (TPSA) is 98.3 Å². The van der Waals surface area contributed by atoms with Gasteiger partial charge in [0.2, 0.25) is 11.8 Å². The van der Waals surface area contributed by atoms with E-state index < -0.39 is 53.3 Å². The molecule has 2 aromatic carbocycles. The van der Waals surface area contributed by atoms with Gasteiger partial charge in [0.25, 0.3) is 11.8 Å². The maximum atomic E-state index is 15.1. The van der Waals surface area contributed by atoms with Crippen LogP contribution in [0.1, 0.15) is 51.1 Å². The van der Waals surface area contributed by atoms with Crippen molar-refractivity contribution in [3.8, 4) is 17.5 Å². The van der Waals surface area contributed by atoms with Crippen molar-refractivity contribution in [1.82, 2.24) is 15.6 Å². The number of hydrogen-bond donors (Lipinski definition) is 1. The molecule has 0 bridgehead atoms. The molecular formula is C28H28F6N6O2. The summed E-state index contributed by atoms with van der Waals surface area (Å²) in [5, 5.41) is 18.0. The molecule has 42 heavy (non-hydrogen) atoms. The summed E-state index contributed by atoms with van der Waals surface area (Å²) < 4.78 is 89.1. The molecule has 1 aromatic heterocycles. The van der Waals surface area contributed by atoms with Gasteiger partial charge in [-0.1, -0.05) is 26.1 Å². The van der Waals surface area contributed by atoms with E-state index >= 15 is 13.2 Å². The van der Waals surface area contributed by atoms with E-state index in [1.807, 2.05) is 6.07 Å². The number of alkyl halides is 5. The lowest BCUT2D eigenvalue weighted by molar-refractivity contribution is -0.120. The van der Waals surface area contributed by atoms with Crippen molar-refractivity contribution >= 4 is 17.3 Å². The van der Waals surface area contributed by atoms with Crippen molar-refractivity contribution < 1.29 is 35.6 Å². The average Bonchev–Trinajstić information content (AvgIpc) is 3.38. The molecule has 0 saturated carbocycles. The minimum atomic E-state index is -4.65. The first-order valence-corrected chi connectivity index (χ1v) is 12.2. The predicted molar refractivity (Wildman–Crippen MR) is 143 cm³/mol. The lowest BCUT2D eigenvalue weighted by Crippen LogP contribution is -2.38. The number of aromatic nitrogens is 2. The summed E-state index contributed by atoms with van der Waals surface area (Å²) in [5.41, 5.74) is -0.779. The largest absolute Gasteiger partial charge is 0.432 e. The van der Waals surface area contributed by atoms with Crippen molar-refractivity contribution in [2.45, 2.75) is 58.2 Å². The minimum Gasteiger partial charge on any atom is -0.419 e. The monoisotopic (exact) mass is 594 g/mol. The molecule has 1 amide bonds. The van der Waals surface area contributed by atoms with Gasteiger partial charge in [-0.25, -0.2) is 13.2 Å². The molecule has 1 N–H and O–H groups in total. The third kappa shape index (κ3) is 6.35.